The summed E-state index contributed by atoms with van der Waals surface area (Å²) in [5, 5.41) is 14.8. The van der Waals surface area contributed by atoms with E-state index in [9.17, 15) is 0 Å². The number of ether oxygens (including phenoxy) is 2. The molecule has 3 rings (SSSR count). The van der Waals surface area contributed by atoms with E-state index in [0.29, 0.717) is 6.61 Å². The zero-order chi connectivity index (χ0) is 22.5. The Balaban J connectivity index is 0.000000501. The fraction of sp³-hybridized carbons (Fsp3) is 0.391. The highest BCUT2D eigenvalue weighted by molar-refractivity contribution is 6.27. The van der Waals surface area contributed by atoms with Crippen LogP contribution in [0.25, 0.3) is 0 Å². The summed E-state index contributed by atoms with van der Waals surface area (Å²) in [5.74, 6) is -1.88. The lowest BCUT2D eigenvalue weighted by Crippen LogP contribution is -2.47. The third kappa shape index (κ3) is 9.50. The van der Waals surface area contributed by atoms with Gasteiger partial charge >= 0.3 is 11.9 Å². The average Bonchev–Trinajstić information content (AvgIpc) is 2.80. The van der Waals surface area contributed by atoms with E-state index in [-0.39, 0.29) is 0 Å². The molecule has 8 nitrogen and oxygen atoms in total. The lowest BCUT2D eigenvalue weighted by atomic mass is 10.2. The van der Waals surface area contributed by atoms with Gasteiger partial charge in [-0.15, -0.1) is 0 Å². The summed E-state index contributed by atoms with van der Waals surface area (Å²) in [5.41, 5.74) is 1.17. The Labute approximate surface area is 182 Å². The zero-order valence-corrected chi connectivity index (χ0v) is 17.8. The molecule has 0 amide bonds. The molecule has 8 heteroatoms. The molecule has 0 aliphatic carbocycles. The van der Waals surface area contributed by atoms with Crippen LogP contribution in [0.1, 0.15) is 12.5 Å². The highest BCUT2D eigenvalue weighted by atomic mass is 16.5. The molecule has 0 bridgehead atoms. The minimum atomic E-state index is -1.82. The van der Waals surface area contributed by atoms with Gasteiger partial charge in [0, 0.05) is 32.7 Å². The number of hydrogen-bond acceptors (Lipinski definition) is 6. The number of hydrogen-bond donors (Lipinski definition) is 2. The monoisotopic (exact) mass is 430 g/mol. The standard InChI is InChI=1S/C21H28N2O2.C2H2O4/c1-2-22-12-14-23(15-13-22)16-17-24-20-8-10-21(11-9-20)25-18-19-6-4-3-5-7-19;3-1(4)2(5)6/h3-11H,2,12-18H2,1H3;(H,3,4)(H,5,6). The lowest BCUT2D eigenvalue weighted by molar-refractivity contribution is -0.159. The molecule has 2 N–H and O–H groups in total. The number of likely N-dealkylation sites (N-methyl/N-ethyl adjacent to an activating group) is 1. The fourth-order valence-electron chi connectivity index (χ4n) is 2.99. The number of carbonyl (C=O) groups is 2. The van der Waals surface area contributed by atoms with E-state index in [1.165, 1.54) is 18.7 Å². The molecule has 0 radical (unpaired) electrons. The van der Waals surface area contributed by atoms with E-state index in [1.54, 1.807) is 0 Å². The van der Waals surface area contributed by atoms with E-state index in [4.69, 9.17) is 29.3 Å². The second kappa shape index (κ2) is 13.3. The molecule has 2 aromatic carbocycles. The van der Waals surface area contributed by atoms with Crippen LogP contribution in [0.3, 0.4) is 0 Å². The van der Waals surface area contributed by atoms with Gasteiger partial charge in [-0.1, -0.05) is 37.3 Å². The molecule has 0 spiro atoms. The number of carboxylic acid groups (broad SMARTS) is 2. The summed E-state index contributed by atoms with van der Waals surface area (Å²) in [4.78, 5) is 23.2. The first kappa shape index (κ1) is 24.2. The molecule has 1 aliphatic rings. The predicted octanol–water partition coefficient (Wildman–Crippen LogP) is 2.44. The van der Waals surface area contributed by atoms with Crippen molar-refractivity contribution in [3.05, 3.63) is 60.2 Å². The summed E-state index contributed by atoms with van der Waals surface area (Å²) < 4.78 is 11.7. The Morgan fingerprint density at radius 3 is 1.84 bits per heavy atom. The maximum atomic E-state index is 9.10. The maximum Gasteiger partial charge on any atom is 0.414 e. The molecular formula is C23H30N2O6. The molecule has 0 aromatic heterocycles. The van der Waals surface area contributed by atoms with Crippen molar-refractivity contribution >= 4 is 11.9 Å². The van der Waals surface area contributed by atoms with Crippen LogP contribution in [0.4, 0.5) is 0 Å². The molecule has 168 valence electrons. The van der Waals surface area contributed by atoms with Gasteiger partial charge in [0.15, 0.2) is 0 Å². The summed E-state index contributed by atoms with van der Waals surface area (Å²) in [6.45, 7) is 10.3. The van der Waals surface area contributed by atoms with Crippen LogP contribution in [0.2, 0.25) is 0 Å². The number of carboxylic acids is 2. The van der Waals surface area contributed by atoms with E-state index in [2.05, 4.69) is 28.9 Å². The van der Waals surface area contributed by atoms with Crippen molar-refractivity contribution in [1.82, 2.24) is 9.80 Å². The summed E-state index contributed by atoms with van der Waals surface area (Å²) in [7, 11) is 0. The number of rotatable bonds is 8. The van der Waals surface area contributed by atoms with E-state index in [0.717, 1.165) is 44.3 Å². The van der Waals surface area contributed by atoms with Gasteiger partial charge in [-0.2, -0.15) is 0 Å². The molecule has 2 aromatic rings. The minimum Gasteiger partial charge on any atom is -0.492 e. The second-order valence-electron chi connectivity index (χ2n) is 6.98. The number of benzene rings is 2. The van der Waals surface area contributed by atoms with Crippen molar-refractivity contribution in [3.63, 3.8) is 0 Å². The molecule has 0 atom stereocenters. The average molecular weight is 431 g/mol. The minimum absolute atomic E-state index is 0.588. The molecule has 0 saturated carbocycles. The predicted molar refractivity (Wildman–Crippen MR) is 117 cm³/mol. The van der Waals surface area contributed by atoms with Crippen LogP contribution in [0.15, 0.2) is 54.6 Å². The van der Waals surface area contributed by atoms with Gasteiger partial charge in [0.05, 0.1) is 0 Å². The Morgan fingerprint density at radius 2 is 1.32 bits per heavy atom. The summed E-state index contributed by atoms with van der Waals surface area (Å²) >= 11 is 0. The topological polar surface area (TPSA) is 99.5 Å². The van der Waals surface area contributed by atoms with Crippen molar-refractivity contribution in [2.75, 3.05) is 45.9 Å². The Kier molecular flexibility index (Phi) is 10.3. The molecule has 1 aliphatic heterocycles. The van der Waals surface area contributed by atoms with Crippen LogP contribution >= 0.6 is 0 Å². The SMILES string of the molecule is CCN1CCN(CCOc2ccc(OCc3ccccc3)cc2)CC1.O=C(O)C(=O)O. The second-order valence-corrected chi connectivity index (χ2v) is 6.98. The maximum absolute atomic E-state index is 9.10. The summed E-state index contributed by atoms with van der Waals surface area (Å²) in [6, 6.07) is 18.1. The number of piperazine rings is 1. The van der Waals surface area contributed by atoms with Gasteiger partial charge in [0.2, 0.25) is 0 Å². The number of aliphatic carboxylic acids is 2. The molecule has 1 fully saturated rings. The van der Waals surface area contributed by atoms with Crippen molar-refractivity contribution in [2.24, 2.45) is 0 Å². The van der Waals surface area contributed by atoms with E-state index < -0.39 is 11.9 Å². The third-order valence-electron chi connectivity index (χ3n) is 4.84. The smallest absolute Gasteiger partial charge is 0.414 e. The Hall–Kier alpha value is -3.10. The molecule has 31 heavy (non-hydrogen) atoms. The first-order valence-corrected chi connectivity index (χ1v) is 10.3. The van der Waals surface area contributed by atoms with Crippen molar-refractivity contribution in [3.8, 4) is 11.5 Å². The van der Waals surface area contributed by atoms with Crippen LogP contribution in [-0.2, 0) is 16.2 Å². The normalized spacial score (nSPS) is 14.2. The quantitative estimate of drug-likeness (QED) is 0.616. The summed E-state index contributed by atoms with van der Waals surface area (Å²) in [6.07, 6.45) is 0. The van der Waals surface area contributed by atoms with E-state index in [1.807, 2.05) is 42.5 Å². The van der Waals surface area contributed by atoms with Gasteiger partial charge < -0.3 is 24.6 Å². The highest BCUT2D eigenvalue weighted by Gasteiger charge is 2.14. The molecular weight excluding hydrogens is 400 g/mol. The van der Waals surface area contributed by atoms with Crippen LogP contribution < -0.4 is 9.47 Å². The van der Waals surface area contributed by atoms with Gasteiger partial charge in [-0.25, -0.2) is 9.59 Å². The van der Waals surface area contributed by atoms with Gasteiger partial charge in [0.25, 0.3) is 0 Å². The lowest BCUT2D eigenvalue weighted by Gasteiger charge is -2.33. The molecule has 1 saturated heterocycles. The van der Waals surface area contributed by atoms with E-state index >= 15 is 0 Å². The first-order chi connectivity index (χ1) is 15.0. The highest BCUT2D eigenvalue weighted by Crippen LogP contribution is 2.18. The fourth-order valence-corrected chi connectivity index (χ4v) is 2.99. The third-order valence-corrected chi connectivity index (χ3v) is 4.84. The van der Waals surface area contributed by atoms with Gasteiger partial charge in [-0.05, 0) is 36.4 Å². The van der Waals surface area contributed by atoms with Crippen LogP contribution in [0, 0.1) is 0 Å². The Bertz CT molecular complexity index is 777. The first-order valence-electron chi connectivity index (χ1n) is 10.3. The largest absolute Gasteiger partial charge is 0.492 e. The van der Waals surface area contributed by atoms with Gasteiger partial charge in [0.1, 0.15) is 24.7 Å². The van der Waals surface area contributed by atoms with Crippen molar-refractivity contribution < 1.29 is 29.3 Å². The molecule has 0 unspecified atom stereocenters. The van der Waals surface area contributed by atoms with Gasteiger partial charge in [-0.3, -0.25) is 4.90 Å². The number of nitrogens with zero attached hydrogens (tertiary/aromatic N) is 2. The molecule has 1 heterocycles. The zero-order valence-electron chi connectivity index (χ0n) is 17.8. The van der Waals surface area contributed by atoms with Crippen LogP contribution in [0.5, 0.6) is 11.5 Å². The van der Waals surface area contributed by atoms with Crippen molar-refractivity contribution in [2.45, 2.75) is 13.5 Å². The van der Waals surface area contributed by atoms with Crippen LogP contribution in [-0.4, -0.2) is 77.8 Å². The van der Waals surface area contributed by atoms with Crippen molar-refractivity contribution in [1.29, 1.82) is 0 Å². The Morgan fingerprint density at radius 1 is 0.806 bits per heavy atom.